The van der Waals surface area contributed by atoms with E-state index in [1.165, 1.54) is 0 Å². The summed E-state index contributed by atoms with van der Waals surface area (Å²) < 4.78 is 0. The van der Waals surface area contributed by atoms with Gasteiger partial charge in [0.1, 0.15) is 0 Å². The van der Waals surface area contributed by atoms with Crippen LogP contribution in [-0.4, -0.2) is 34.2 Å². The number of carbonyl (C=O) groups excluding carboxylic acids is 1. The molecule has 1 amide bonds. The summed E-state index contributed by atoms with van der Waals surface area (Å²) in [6, 6.07) is 0. The Morgan fingerprint density at radius 2 is 1.76 bits per heavy atom. The third-order valence-electron chi connectivity index (χ3n) is 5.36. The number of hydrogen-bond acceptors (Lipinski definition) is 3. The maximum atomic E-state index is 12.1. The van der Waals surface area contributed by atoms with E-state index < -0.39 is 11.6 Å². The quantitative estimate of drug-likeness (QED) is 0.723. The highest BCUT2D eigenvalue weighted by atomic mass is 16.4. The van der Waals surface area contributed by atoms with Gasteiger partial charge in [-0.05, 0) is 50.9 Å². The largest absolute Gasteiger partial charge is 0.481 e. The molecule has 2 unspecified atom stereocenters. The molecule has 0 spiro atoms. The van der Waals surface area contributed by atoms with Gasteiger partial charge in [0.2, 0.25) is 5.91 Å². The van der Waals surface area contributed by atoms with Crippen molar-refractivity contribution in [1.29, 1.82) is 0 Å². The molecule has 120 valence electrons. The molecule has 0 aliphatic heterocycles. The fourth-order valence-corrected chi connectivity index (χ4v) is 3.64. The van der Waals surface area contributed by atoms with Crippen molar-refractivity contribution in [3.63, 3.8) is 0 Å². The van der Waals surface area contributed by atoms with Gasteiger partial charge < -0.3 is 15.5 Å². The van der Waals surface area contributed by atoms with E-state index in [4.69, 9.17) is 5.11 Å². The molecule has 2 saturated carbocycles. The van der Waals surface area contributed by atoms with Gasteiger partial charge >= 0.3 is 5.97 Å². The average Bonchev–Trinajstić information content (AvgIpc) is 2.96. The van der Waals surface area contributed by atoms with E-state index in [1.807, 2.05) is 0 Å². The van der Waals surface area contributed by atoms with E-state index in [0.717, 1.165) is 32.1 Å². The lowest BCUT2D eigenvalue weighted by Crippen LogP contribution is -2.46. The van der Waals surface area contributed by atoms with Crippen molar-refractivity contribution in [2.24, 2.45) is 17.8 Å². The maximum absolute atomic E-state index is 12.1. The van der Waals surface area contributed by atoms with E-state index in [1.54, 1.807) is 0 Å². The maximum Gasteiger partial charge on any atom is 0.306 e. The second-order valence-electron chi connectivity index (χ2n) is 6.84. The van der Waals surface area contributed by atoms with Crippen molar-refractivity contribution < 1.29 is 19.8 Å². The van der Waals surface area contributed by atoms with Crippen LogP contribution in [0.4, 0.5) is 0 Å². The van der Waals surface area contributed by atoms with Crippen molar-refractivity contribution in [2.75, 3.05) is 6.54 Å². The fraction of sp³-hybridized carbons (Fsp3) is 0.875. The predicted molar refractivity (Wildman–Crippen MR) is 78.7 cm³/mol. The zero-order valence-electron chi connectivity index (χ0n) is 12.8. The second-order valence-corrected chi connectivity index (χ2v) is 6.84. The highest BCUT2D eigenvalue weighted by molar-refractivity contribution is 5.80. The molecule has 0 radical (unpaired) electrons. The van der Waals surface area contributed by atoms with Crippen molar-refractivity contribution in [3.8, 4) is 0 Å². The number of hydrogen-bond donors (Lipinski definition) is 3. The first-order valence-corrected chi connectivity index (χ1v) is 8.16. The lowest BCUT2D eigenvalue weighted by atomic mass is 9.78. The van der Waals surface area contributed by atoms with Crippen LogP contribution in [0.1, 0.15) is 58.3 Å². The SMILES string of the molecule is CCC1CCC(O)(CNC(=O)C2CCC(C(=O)O)C2)CC1. The number of nitrogens with one attached hydrogen (secondary N) is 1. The number of carboxylic acids is 1. The van der Waals surface area contributed by atoms with Gasteiger partial charge in [-0.15, -0.1) is 0 Å². The highest BCUT2D eigenvalue weighted by Gasteiger charge is 2.36. The first-order chi connectivity index (χ1) is 9.93. The molecule has 3 N–H and O–H groups in total. The number of carbonyl (C=O) groups is 2. The number of rotatable bonds is 5. The molecule has 2 atom stereocenters. The van der Waals surface area contributed by atoms with Crippen molar-refractivity contribution in [1.82, 2.24) is 5.32 Å². The summed E-state index contributed by atoms with van der Waals surface area (Å²) in [6.07, 6.45) is 6.33. The Labute approximate surface area is 126 Å². The lowest BCUT2D eigenvalue weighted by Gasteiger charge is -2.36. The van der Waals surface area contributed by atoms with Gasteiger partial charge in [-0.2, -0.15) is 0 Å². The number of aliphatic hydroxyl groups is 1. The standard InChI is InChI=1S/C16H27NO4/c1-2-11-5-7-16(21,8-6-11)10-17-14(18)12-3-4-13(9-12)15(19)20/h11-13,21H,2-10H2,1H3,(H,17,18)(H,19,20). The Morgan fingerprint density at radius 1 is 1.14 bits per heavy atom. The van der Waals surface area contributed by atoms with Gasteiger partial charge in [0.25, 0.3) is 0 Å². The van der Waals surface area contributed by atoms with E-state index in [0.29, 0.717) is 31.7 Å². The highest BCUT2D eigenvalue weighted by Crippen LogP contribution is 2.34. The van der Waals surface area contributed by atoms with Crippen LogP contribution in [0.15, 0.2) is 0 Å². The Morgan fingerprint density at radius 3 is 2.29 bits per heavy atom. The molecule has 2 aliphatic rings. The van der Waals surface area contributed by atoms with E-state index in [-0.39, 0.29) is 17.7 Å². The molecule has 2 rings (SSSR count). The molecule has 21 heavy (non-hydrogen) atoms. The van der Waals surface area contributed by atoms with E-state index in [2.05, 4.69) is 12.2 Å². The first kappa shape index (κ1) is 16.3. The van der Waals surface area contributed by atoms with Gasteiger partial charge in [-0.1, -0.05) is 13.3 Å². The van der Waals surface area contributed by atoms with Crippen molar-refractivity contribution in [2.45, 2.75) is 63.9 Å². The molecule has 0 aromatic rings. The van der Waals surface area contributed by atoms with Gasteiger partial charge in [0.15, 0.2) is 0 Å². The monoisotopic (exact) mass is 297 g/mol. The summed E-state index contributed by atoms with van der Waals surface area (Å²) in [4.78, 5) is 23.0. The zero-order valence-corrected chi connectivity index (χ0v) is 12.8. The van der Waals surface area contributed by atoms with Crippen LogP contribution in [0.25, 0.3) is 0 Å². The van der Waals surface area contributed by atoms with Crippen LogP contribution in [0.3, 0.4) is 0 Å². The van der Waals surface area contributed by atoms with Crippen molar-refractivity contribution in [3.05, 3.63) is 0 Å². The lowest BCUT2D eigenvalue weighted by molar-refractivity contribution is -0.141. The van der Waals surface area contributed by atoms with Crippen LogP contribution in [0, 0.1) is 17.8 Å². The molecular formula is C16H27NO4. The minimum absolute atomic E-state index is 0.0928. The molecule has 0 saturated heterocycles. The van der Waals surface area contributed by atoms with Gasteiger partial charge in [0.05, 0.1) is 11.5 Å². The van der Waals surface area contributed by atoms with Crippen LogP contribution in [-0.2, 0) is 9.59 Å². The smallest absolute Gasteiger partial charge is 0.306 e. The summed E-state index contributed by atoms with van der Waals surface area (Å²) in [5.41, 5.74) is -0.772. The van der Waals surface area contributed by atoms with Gasteiger partial charge in [-0.25, -0.2) is 0 Å². The second kappa shape index (κ2) is 6.77. The molecule has 0 heterocycles. The third kappa shape index (κ3) is 4.19. The van der Waals surface area contributed by atoms with Gasteiger partial charge in [0, 0.05) is 12.5 Å². The fourth-order valence-electron chi connectivity index (χ4n) is 3.64. The summed E-state index contributed by atoms with van der Waals surface area (Å²) in [5, 5.41) is 22.3. The molecule has 5 heteroatoms. The molecule has 0 aromatic carbocycles. The first-order valence-electron chi connectivity index (χ1n) is 8.16. The van der Waals surface area contributed by atoms with E-state index in [9.17, 15) is 14.7 Å². The molecule has 2 aliphatic carbocycles. The summed E-state index contributed by atoms with van der Waals surface area (Å²) in [6.45, 7) is 2.48. The van der Waals surface area contributed by atoms with Crippen LogP contribution in [0.5, 0.6) is 0 Å². The van der Waals surface area contributed by atoms with Crippen molar-refractivity contribution >= 4 is 11.9 Å². The molecule has 0 aromatic heterocycles. The normalized spacial score (nSPS) is 36.4. The minimum Gasteiger partial charge on any atom is -0.481 e. The Balaban J connectivity index is 1.75. The number of amides is 1. The van der Waals surface area contributed by atoms with Gasteiger partial charge in [-0.3, -0.25) is 9.59 Å². The number of carboxylic acid groups (broad SMARTS) is 1. The Hall–Kier alpha value is -1.10. The Bertz CT molecular complexity index is 388. The summed E-state index contributed by atoms with van der Waals surface area (Å²) in [5.74, 6) is -0.788. The average molecular weight is 297 g/mol. The summed E-state index contributed by atoms with van der Waals surface area (Å²) in [7, 11) is 0. The molecular weight excluding hydrogens is 270 g/mol. The third-order valence-corrected chi connectivity index (χ3v) is 5.36. The van der Waals surface area contributed by atoms with Crippen LogP contribution >= 0.6 is 0 Å². The van der Waals surface area contributed by atoms with Crippen LogP contribution < -0.4 is 5.32 Å². The summed E-state index contributed by atoms with van der Waals surface area (Å²) >= 11 is 0. The topological polar surface area (TPSA) is 86.6 Å². The molecule has 2 fully saturated rings. The van der Waals surface area contributed by atoms with Crippen LogP contribution in [0.2, 0.25) is 0 Å². The zero-order chi connectivity index (χ0) is 15.5. The Kier molecular flexibility index (Phi) is 5.25. The molecule has 0 bridgehead atoms. The number of aliphatic carboxylic acids is 1. The minimum atomic E-state index is -0.804. The van der Waals surface area contributed by atoms with E-state index >= 15 is 0 Å². The predicted octanol–water partition coefficient (Wildman–Crippen LogP) is 1.93. The molecule has 5 nitrogen and oxygen atoms in total.